The number of hydrogen-bond acceptors (Lipinski definition) is 4. The summed E-state index contributed by atoms with van der Waals surface area (Å²) < 4.78 is 1.51. The van der Waals surface area contributed by atoms with Gasteiger partial charge >= 0.3 is 0 Å². The van der Waals surface area contributed by atoms with Crippen molar-refractivity contribution < 1.29 is 4.79 Å². The zero-order valence-corrected chi connectivity index (χ0v) is 17.1. The summed E-state index contributed by atoms with van der Waals surface area (Å²) in [5.74, 6) is -0.0439. The van der Waals surface area contributed by atoms with E-state index in [1.54, 1.807) is 6.07 Å². The van der Waals surface area contributed by atoms with Gasteiger partial charge in [-0.05, 0) is 42.0 Å². The number of benzene rings is 1. The molecule has 146 valence electrons. The molecule has 1 aromatic carbocycles. The zero-order chi connectivity index (χ0) is 19.6. The lowest BCUT2D eigenvalue weighted by molar-refractivity contribution is -0.121. The van der Waals surface area contributed by atoms with Gasteiger partial charge in [0.2, 0.25) is 5.91 Å². The summed E-state index contributed by atoms with van der Waals surface area (Å²) in [5, 5.41) is 6.29. The lowest BCUT2D eigenvalue weighted by Crippen LogP contribution is -2.39. The lowest BCUT2D eigenvalue weighted by atomic mass is 9.79. The summed E-state index contributed by atoms with van der Waals surface area (Å²) in [4.78, 5) is 29.9. The highest BCUT2D eigenvalue weighted by Gasteiger charge is 2.35. The van der Waals surface area contributed by atoms with Crippen LogP contribution in [0, 0.1) is 0 Å². The van der Waals surface area contributed by atoms with Crippen LogP contribution in [0.25, 0.3) is 10.2 Å². The third-order valence-electron chi connectivity index (χ3n) is 5.67. The van der Waals surface area contributed by atoms with Crippen molar-refractivity contribution in [3.63, 3.8) is 0 Å². The molecule has 1 amide bonds. The Labute approximate surface area is 172 Å². The van der Waals surface area contributed by atoms with Crippen LogP contribution in [0.5, 0.6) is 0 Å². The fraction of sp³-hybridized carbons (Fsp3) is 0.381. The second kappa shape index (κ2) is 8.05. The van der Waals surface area contributed by atoms with Gasteiger partial charge in [0, 0.05) is 29.9 Å². The molecular formula is C21H22ClN3O2S. The first-order valence-electron chi connectivity index (χ1n) is 9.53. The molecule has 0 unspecified atom stereocenters. The standard InChI is InChI=1S/C21H22ClN3O2S/c22-16-5-3-15(4-6-16)21(9-1-2-10-21)13-23-18(26)7-11-25-14-24-19-17(20(25)27)8-12-28-19/h3-6,8,12,14H,1-2,7,9-11,13H2,(H,23,26). The van der Waals surface area contributed by atoms with Crippen LogP contribution in [0.1, 0.15) is 37.7 Å². The second-order valence-corrected chi connectivity index (χ2v) is 8.73. The number of aryl methyl sites for hydroxylation is 1. The van der Waals surface area contributed by atoms with Gasteiger partial charge < -0.3 is 5.32 Å². The summed E-state index contributed by atoms with van der Waals surface area (Å²) in [7, 11) is 0. The average Bonchev–Trinajstić information content (AvgIpc) is 3.37. The van der Waals surface area contributed by atoms with Crippen molar-refractivity contribution in [2.45, 2.75) is 44.1 Å². The molecule has 0 saturated heterocycles. The van der Waals surface area contributed by atoms with Crippen LogP contribution < -0.4 is 10.9 Å². The minimum atomic E-state index is -0.0903. The van der Waals surface area contributed by atoms with Crippen molar-refractivity contribution in [1.82, 2.24) is 14.9 Å². The minimum Gasteiger partial charge on any atom is -0.355 e. The first-order chi connectivity index (χ1) is 13.6. The van der Waals surface area contributed by atoms with E-state index in [-0.39, 0.29) is 23.3 Å². The number of halogens is 1. The average molecular weight is 416 g/mol. The Morgan fingerprint density at radius 2 is 1.96 bits per heavy atom. The van der Waals surface area contributed by atoms with Crippen LogP contribution >= 0.6 is 22.9 Å². The van der Waals surface area contributed by atoms with Crippen molar-refractivity contribution in [3.8, 4) is 0 Å². The van der Waals surface area contributed by atoms with Crippen LogP contribution in [0.15, 0.2) is 46.8 Å². The van der Waals surface area contributed by atoms with Crippen molar-refractivity contribution in [2.75, 3.05) is 6.54 Å². The number of amides is 1. The lowest BCUT2D eigenvalue weighted by Gasteiger charge is -2.30. The summed E-state index contributed by atoms with van der Waals surface area (Å²) >= 11 is 7.47. The van der Waals surface area contributed by atoms with Crippen molar-refractivity contribution >= 4 is 39.1 Å². The van der Waals surface area contributed by atoms with E-state index in [4.69, 9.17) is 11.6 Å². The SMILES string of the molecule is O=C(CCn1cnc2sccc2c1=O)NCC1(c2ccc(Cl)cc2)CCCC1. The maximum atomic E-state index is 12.5. The second-order valence-electron chi connectivity index (χ2n) is 7.40. The summed E-state index contributed by atoms with van der Waals surface area (Å²) in [6.45, 7) is 0.946. The molecule has 0 atom stereocenters. The zero-order valence-electron chi connectivity index (χ0n) is 15.5. The third kappa shape index (κ3) is 3.84. The van der Waals surface area contributed by atoms with E-state index in [0.717, 1.165) is 22.7 Å². The highest BCUT2D eigenvalue weighted by atomic mass is 35.5. The van der Waals surface area contributed by atoms with Gasteiger partial charge in [-0.25, -0.2) is 4.98 Å². The molecule has 0 radical (unpaired) electrons. The van der Waals surface area contributed by atoms with Crippen LogP contribution in [-0.4, -0.2) is 22.0 Å². The highest BCUT2D eigenvalue weighted by Crippen LogP contribution is 2.40. The van der Waals surface area contributed by atoms with Crippen LogP contribution in [-0.2, 0) is 16.8 Å². The van der Waals surface area contributed by atoms with Gasteiger partial charge in [-0.15, -0.1) is 11.3 Å². The van der Waals surface area contributed by atoms with E-state index in [0.29, 0.717) is 18.5 Å². The Balaban J connectivity index is 1.39. The molecule has 4 rings (SSSR count). The Kier molecular flexibility index (Phi) is 5.51. The molecule has 7 heteroatoms. The fourth-order valence-corrected chi connectivity index (χ4v) is 4.90. The maximum Gasteiger partial charge on any atom is 0.262 e. The van der Waals surface area contributed by atoms with E-state index in [2.05, 4.69) is 22.4 Å². The predicted octanol–water partition coefficient (Wildman–Crippen LogP) is 4.13. The van der Waals surface area contributed by atoms with E-state index < -0.39 is 0 Å². The molecular weight excluding hydrogens is 394 g/mol. The Morgan fingerprint density at radius 3 is 2.71 bits per heavy atom. The van der Waals surface area contributed by atoms with Gasteiger partial charge in [-0.2, -0.15) is 0 Å². The molecule has 1 aliphatic rings. The number of nitrogens with zero attached hydrogens (tertiary/aromatic N) is 2. The molecule has 0 spiro atoms. The molecule has 28 heavy (non-hydrogen) atoms. The van der Waals surface area contributed by atoms with Crippen LogP contribution in [0.4, 0.5) is 0 Å². The number of fused-ring (bicyclic) bond motifs is 1. The van der Waals surface area contributed by atoms with Gasteiger partial charge in [0.15, 0.2) is 0 Å². The molecule has 0 aliphatic heterocycles. The minimum absolute atomic E-state index is 0.0196. The van der Waals surface area contributed by atoms with Gasteiger partial charge in [-0.1, -0.05) is 36.6 Å². The summed E-state index contributed by atoms with van der Waals surface area (Å²) in [6.07, 6.45) is 6.25. The first-order valence-corrected chi connectivity index (χ1v) is 10.8. The number of carbonyl (C=O) groups excluding carboxylic acids is 1. The largest absolute Gasteiger partial charge is 0.355 e. The third-order valence-corrected chi connectivity index (χ3v) is 6.74. The van der Waals surface area contributed by atoms with E-state index in [9.17, 15) is 9.59 Å². The normalized spacial score (nSPS) is 15.8. The molecule has 1 N–H and O–H groups in total. The van der Waals surface area contributed by atoms with Crippen molar-refractivity contribution in [3.05, 3.63) is 63.0 Å². The molecule has 0 bridgehead atoms. The Hall–Kier alpha value is -2.18. The molecule has 1 fully saturated rings. The van der Waals surface area contributed by atoms with E-state index in [1.807, 2.05) is 17.5 Å². The number of rotatable bonds is 6. The number of thiophene rings is 1. The maximum absolute atomic E-state index is 12.5. The summed E-state index contributed by atoms with van der Waals surface area (Å²) in [5.41, 5.74) is 1.12. The number of carbonyl (C=O) groups is 1. The van der Waals surface area contributed by atoms with Crippen molar-refractivity contribution in [2.24, 2.45) is 0 Å². The van der Waals surface area contributed by atoms with Gasteiger partial charge in [-0.3, -0.25) is 14.2 Å². The monoisotopic (exact) mass is 415 g/mol. The molecule has 5 nitrogen and oxygen atoms in total. The molecule has 2 aromatic heterocycles. The van der Waals surface area contributed by atoms with Gasteiger partial charge in [0.1, 0.15) is 4.83 Å². The quantitative estimate of drug-likeness (QED) is 0.658. The van der Waals surface area contributed by atoms with E-state index in [1.165, 1.54) is 40.6 Å². The topological polar surface area (TPSA) is 64.0 Å². The van der Waals surface area contributed by atoms with Gasteiger partial charge in [0.05, 0.1) is 11.7 Å². The first kappa shape index (κ1) is 19.2. The van der Waals surface area contributed by atoms with Crippen LogP contribution in [0.3, 0.4) is 0 Å². The predicted molar refractivity (Wildman–Crippen MR) is 113 cm³/mol. The Bertz CT molecular complexity index is 1040. The van der Waals surface area contributed by atoms with Gasteiger partial charge in [0.25, 0.3) is 5.56 Å². The Morgan fingerprint density at radius 1 is 1.21 bits per heavy atom. The van der Waals surface area contributed by atoms with Crippen LogP contribution in [0.2, 0.25) is 5.02 Å². The number of hydrogen-bond donors (Lipinski definition) is 1. The smallest absolute Gasteiger partial charge is 0.262 e. The molecule has 2 heterocycles. The highest BCUT2D eigenvalue weighted by molar-refractivity contribution is 7.16. The molecule has 3 aromatic rings. The molecule has 1 saturated carbocycles. The molecule has 1 aliphatic carbocycles. The number of nitrogens with one attached hydrogen (secondary N) is 1. The fourth-order valence-electron chi connectivity index (χ4n) is 4.05. The summed E-state index contributed by atoms with van der Waals surface area (Å²) in [6, 6.07) is 9.75. The van der Waals surface area contributed by atoms with E-state index >= 15 is 0 Å². The number of aromatic nitrogens is 2. The van der Waals surface area contributed by atoms with Crippen molar-refractivity contribution in [1.29, 1.82) is 0 Å².